The highest BCUT2D eigenvalue weighted by molar-refractivity contribution is 7.90. The molecule has 2 aliphatic rings. The van der Waals surface area contributed by atoms with E-state index in [9.17, 15) is 13.2 Å². The van der Waals surface area contributed by atoms with Crippen LogP contribution in [-0.2, 0) is 35.7 Å². The number of nitrogens with zero attached hydrogens (tertiary/aromatic N) is 1. The minimum Gasteiger partial charge on any atom is -0.307 e. The summed E-state index contributed by atoms with van der Waals surface area (Å²) in [5.41, 5.74) is 5.85. The van der Waals surface area contributed by atoms with Gasteiger partial charge in [-0.15, -0.1) is 0 Å². The number of aryl methyl sites for hydroxylation is 2. The fraction of sp³-hybridized carbons (Fsp3) is 0.611. The maximum atomic E-state index is 12.4. The molecule has 2 N–H and O–H groups in total. The Morgan fingerprint density at radius 3 is 2.20 bits per heavy atom. The van der Waals surface area contributed by atoms with Gasteiger partial charge in [-0.3, -0.25) is 0 Å². The van der Waals surface area contributed by atoms with Crippen molar-refractivity contribution in [2.45, 2.75) is 51.5 Å². The zero-order valence-corrected chi connectivity index (χ0v) is 16.0. The van der Waals surface area contributed by atoms with Crippen molar-refractivity contribution in [2.24, 2.45) is 0 Å². The maximum Gasteiger partial charge on any atom is 0.332 e. The van der Waals surface area contributed by atoms with Crippen LogP contribution in [0, 0.1) is 0 Å². The van der Waals surface area contributed by atoms with Crippen LogP contribution >= 0.6 is 0 Å². The fourth-order valence-corrected chi connectivity index (χ4v) is 5.11. The van der Waals surface area contributed by atoms with Crippen LogP contribution < -0.4 is 10.0 Å². The van der Waals surface area contributed by atoms with E-state index in [1.807, 2.05) is 25.9 Å². The Balaban J connectivity index is 1.76. The second-order valence-corrected chi connectivity index (χ2v) is 9.15. The Morgan fingerprint density at radius 1 is 1.12 bits per heavy atom. The summed E-state index contributed by atoms with van der Waals surface area (Å²) < 4.78 is 26.6. The summed E-state index contributed by atoms with van der Waals surface area (Å²) in [4.78, 5) is 14.2. The van der Waals surface area contributed by atoms with E-state index in [1.54, 1.807) is 0 Å². The summed E-state index contributed by atoms with van der Waals surface area (Å²) in [5.74, 6) is -0.113. The first kappa shape index (κ1) is 18.2. The molecule has 1 atom stereocenters. The van der Waals surface area contributed by atoms with Gasteiger partial charge in [0.05, 0.1) is 5.75 Å². The molecule has 1 aromatic carbocycles. The van der Waals surface area contributed by atoms with Crippen LogP contribution in [0.1, 0.15) is 42.0 Å². The third kappa shape index (κ3) is 3.98. The van der Waals surface area contributed by atoms with Crippen LogP contribution in [0.15, 0.2) is 6.07 Å². The summed E-state index contributed by atoms with van der Waals surface area (Å²) in [5, 5.41) is 2.86. The molecule has 0 aromatic heterocycles. The monoisotopic (exact) mass is 365 g/mol. The van der Waals surface area contributed by atoms with Gasteiger partial charge in [-0.05, 0) is 81.8 Å². The van der Waals surface area contributed by atoms with Crippen molar-refractivity contribution >= 4 is 21.7 Å². The number of carbonyl (C=O) groups excluding carboxylic acids is 1. The molecule has 1 unspecified atom stereocenters. The number of carbonyl (C=O) groups is 1. The number of rotatable bonds is 5. The first-order valence-electron chi connectivity index (χ1n) is 8.91. The van der Waals surface area contributed by atoms with Gasteiger partial charge in [0.1, 0.15) is 0 Å². The van der Waals surface area contributed by atoms with Crippen LogP contribution in [0.5, 0.6) is 0 Å². The van der Waals surface area contributed by atoms with Gasteiger partial charge >= 0.3 is 6.03 Å². The van der Waals surface area contributed by atoms with Gasteiger partial charge in [-0.2, -0.15) is 0 Å². The summed E-state index contributed by atoms with van der Waals surface area (Å²) in [6, 6.07) is 1.46. The molecule has 6 nitrogen and oxygen atoms in total. The third-order valence-electron chi connectivity index (χ3n) is 5.30. The Bertz CT molecular complexity index is 755. The van der Waals surface area contributed by atoms with Gasteiger partial charge in [-0.25, -0.2) is 17.9 Å². The molecule has 7 heteroatoms. The lowest BCUT2D eigenvalue weighted by molar-refractivity contribution is 0.256. The van der Waals surface area contributed by atoms with E-state index in [-0.39, 0.29) is 11.8 Å². The number of hydrogen-bond donors (Lipinski definition) is 2. The van der Waals surface area contributed by atoms with Crippen LogP contribution in [0.2, 0.25) is 0 Å². The van der Waals surface area contributed by atoms with Crippen molar-refractivity contribution in [1.82, 2.24) is 9.62 Å². The number of urea groups is 1. The number of fused-ring (bicyclic) bond motifs is 2. The van der Waals surface area contributed by atoms with Gasteiger partial charge in [-0.1, -0.05) is 6.07 Å². The molecule has 0 radical (unpaired) electrons. The van der Waals surface area contributed by atoms with E-state index < -0.39 is 16.1 Å². The van der Waals surface area contributed by atoms with Gasteiger partial charge in [0.25, 0.3) is 0 Å². The van der Waals surface area contributed by atoms with Crippen molar-refractivity contribution in [3.05, 3.63) is 28.3 Å². The molecule has 1 aromatic rings. The summed E-state index contributed by atoms with van der Waals surface area (Å²) in [6.07, 6.45) is 6.15. The van der Waals surface area contributed by atoms with Gasteiger partial charge < -0.3 is 10.2 Å². The highest BCUT2D eigenvalue weighted by Gasteiger charge is 2.26. The summed E-state index contributed by atoms with van der Waals surface area (Å²) in [6.45, 7) is 1.81. The van der Waals surface area contributed by atoms with Crippen LogP contribution in [-0.4, -0.2) is 45.2 Å². The van der Waals surface area contributed by atoms with Crippen LogP contribution in [0.3, 0.4) is 0 Å². The molecule has 25 heavy (non-hydrogen) atoms. The van der Waals surface area contributed by atoms with Gasteiger partial charge in [0, 0.05) is 11.7 Å². The molecule has 0 saturated heterocycles. The van der Waals surface area contributed by atoms with Crippen LogP contribution in [0.25, 0.3) is 0 Å². The number of benzene rings is 1. The first-order chi connectivity index (χ1) is 11.8. The predicted molar refractivity (Wildman–Crippen MR) is 99.6 cm³/mol. The Kier molecular flexibility index (Phi) is 5.06. The second-order valence-electron chi connectivity index (χ2n) is 7.38. The highest BCUT2D eigenvalue weighted by Crippen LogP contribution is 2.38. The van der Waals surface area contributed by atoms with Crippen molar-refractivity contribution in [1.29, 1.82) is 0 Å². The quantitative estimate of drug-likeness (QED) is 0.837. The van der Waals surface area contributed by atoms with Gasteiger partial charge in [0.15, 0.2) is 0 Å². The second kappa shape index (κ2) is 6.96. The Morgan fingerprint density at radius 2 is 1.68 bits per heavy atom. The lowest BCUT2D eigenvalue weighted by Crippen LogP contribution is -2.41. The van der Waals surface area contributed by atoms with Crippen molar-refractivity contribution < 1.29 is 13.2 Å². The lowest BCUT2D eigenvalue weighted by Gasteiger charge is -2.20. The topological polar surface area (TPSA) is 78.5 Å². The maximum absolute atomic E-state index is 12.4. The molecule has 0 aliphatic heterocycles. The Labute approximate surface area is 150 Å². The molecular formula is C18H27N3O3S. The zero-order chi connectivity index (χ0) is 18.2. The standard InChI is InChI=1S/C18H27N3O3S/c1-12(21(2)3)11-25(23,24)20-18(22)19-17-15-8-4-6-13(15)10-14-7-5-9-16(14)17/h10,12H,4-9,11H2,1-3H3,(H2,19,20,22). The van der Waals surface area contributed by atoms with E-state index in [4.69, 9.17) is 0 Å². The lowest BCUT2D eigenvalue weighted by atomic mass is 9.99. The average molecular weight is 365 g/mol. The van der Waals surface area contributed by atoms with E-state index in [2.05, 4.69) is 16.1 Å². The van der Waals surface area contributed by atoms with E-state index in [0.29, 0.717) is 0 Å². The molecule has 0 heterocycles. The minimum atomic E-state index is -3.68. The number of sulfonamides is 1. The molecule has 3 rings (SSSR count). The zero-order valence-electron chi connectivity index (χ0n) is 15.2. The van der Waals surface area contributed by atoms with E-state index in [1.165, 1.54) is 22.3 Å². The molecule has 138 valence electrons. The fourth-order valence-electron chi connectivity index (χ4n) is 3.76. The third-order valence-corrected chi connectivity index (χ3v) is 6.72. The SMILES string of the molecule is CC(CS(=O)(=O)NC(=O)Nc1c2c(cc3c1CCC3)CCC2)N(C)C. The number of hydrogen-bond acceptors (Lipinski definition) is 4. The summed E-state index contributed by atoms with van der Waals surface area (Å²) >= 11 is 0. The number of nitrogens with one attached hydrogen (secondary N) is 2. The Hall–Kier alpha value is -1.60. The molecular weight excluding hydrogens is 338 g/mol. The molecule has 0 spiro atoms. The molecule has 2 aliphatic carbocycles. The molecule has 0 bridgehead atoms. The minimum absolute atomic E-state index is 0.113. The van der Waals surface area contributed by atoms with E-state index in [0.717, 1.165) is 44.2 Å². The highest BCUT2D eigenvalue weighted by atomic mass is 32.2. The van der Waals surface area contributed by atoms with Crippen molar-refractivity contribution in [2.75, 3.05) is 25.2 Å². The normalized spacial score (nSPS) is 17.3. The number of amides is 2. The average Bonchev–Trinajstić information content (AvgIpc) is 3.13. The van der Waals surface area contributed by atoms with E-state index >= 15 is 0 Å². The largest absolute Gasteiger partial charge is 0.332 e. The number of anilines is 1. The van der Waals surface area contributed by atoms with Crippen molar-refractivity contribution in [3.63, 3.8) is 0 Å². The molecule has 0 fully saturated rings. The first-order valence-corrected chi connectivity index (χ1v) is 10.6. The molecule has 0 saturated carbocycles. The van der Waals surface area contributed by atoms with Gasteiger partial charge in [0.2, 0.25) is 10.0 Å². The summed E-state index contributed by atoms with van der Waals surface area (Å²) in [7, 11) is -0.0444. The smallest absolute Gasteiger partial charge is 0.307 e. The van der Waals surface area contributed by atoms with Crippen LogP contribution in [0.4, 0.5) is 10.5 Å². The molecule has 2 amide bonds. The predicted octanol–water partition coefficient (Wildman–Crippen LogP) is 2.07. The van der Waals surface area contributed by atoms with Crippen molar-refractivity contribution in [3.8, 4) is 0 Å².